The quantitative estimate of drug-likeness (QED) is 0.740. The Kier molecular flexibility index (Phi) is 5.04. The minimum Gasteiger partial charge on any atom is -0.506 e. The molecule has 0 heterocycles. The number of phenolic OH excluding ortho intramolecular Hbond substituents is 1. The first-order chi connectivity index (χ1) is 10.2. The molecule has 0 saturated carbocycles. The van der Waals surface area contributed by atoms with Crippen molar-refractivity contribution in [3.05, 3.63) is 54.1 Å². The van der Waals surface area contributed by atoms with Crippen molar-refractivity contribution in [1.29, 1.82) is 0 Å². The van der Waals surface area contributed by atoms with E-state index in [0.717, 1.165) is 11.3 Å². The molecule has 0 aliphatic carbocycles. The second-order valence-corrected chi connectivity index (χ2v) is 4.50. The van der Waals surface area contributed by atoms with Gasteiger partial charge in [0.1, 0.15) is 11.5 Å². The fourth-order valence-electron chi connectivity index (χ4n) is 1.89. The van der Waals surface area contributed by atoms with E-state index < -0.39 is 0 Å². The first kappa shape index (κ1) is 14.7. The zero-order valence-electron chi connectivity index (χ0n) is 11.8. The topological polar surface area (TPSA) is 70.6 Å². The third kappa shape index (κ3) is 4.42. The number of phenols is 1. The summed E-state index contributed by atoms with van der Waals surface area (Å²) in [7, 11) is 1.62. The number of urea groups is 1. The van der Waals surface area contributed by atoms with Crippen LogP contribution >= 0.6 is 0 Å². The molecule has 110 valence electrons. The second kappa shape index (κ2) is 7.19. The highest BCUT2D eigenvalue weighted by molar-refractivity contribution is 5.90. The molecule has 5 heteroatoms. The molecule has 0 unspecified atom stereocenters. The Morgan fingerprint density at radius 3 is 2.76 bits per heavy atom. The summed E-state index contributed by atoms with van der Waals surface area (Å²) in [6.45, 7) is 0.493. The fraction of sp³-hybridized carbons (Fsp3) is 0.188. The van der Waals surface area contributed by atoms with Crippen LogP contribution in [0.25, 0.3) is 0 Å². The van der Waals surface area contributed by atoms with Gasteiger partial charge < -0.3 is 20.5 Å². The Bertz CT molecular complexity index is 614. The number of carbonyl (C=O) groups is 1. The van der Waals surface area contributed by atoms with E-state index in [4.69, 9.17) is 4.74 Å². The average molecular weight is 286 g/mol. The molecule has 0 aromatic heterocycles. The van der Waals surface area contributed by atoms with Gasteiger partial charge in [0.25, 0.3) is 0 Å². The predicted octanol–water partition coefficient (Wildman–Crippen LogP) is 2.77. The van der Waals surface area contributed by atoms with Gasteiger partial charge in [-0.2, -0.15) is 0 Å². The smallest absolute Gasteiger partial charge is 0.319 e. The first-order valence-corrected chi connectivity index (χ1v) is 6.65. The lowest BCUT2D eigenvalue weighted by molar-refractivity contribution is 0.252. The summed E-state index contributed by atoms with van der Waals surface area (Å²) < 4.78 is 5.15. The molecule has 0 radical (unpaired) electrons. The van der Waals surface area contributed by atoms with E-state index in [2.05, 4.69) is 10.6 Å². The van der Waals surface area contributed by atoms with Gasteiger partial charge in [0.2, 0.25) is 0 Å². The number of rotatable bonds is 5. The van der Waals surface area contributed by atoms with Crippen LogP contribution in [0.15, 0.2) is 48.5 Å². The molecule has 21 heavy (non-hydrogen) atoms. The van der Waals surface area contributed by atoms with Crippen molar-refractivity contribution in [2.45, 2.75) is 6.42 Å². The minimum absolute atomic E-state index is 0.0421. The van der Waals surface area contributed by atoms with Gasteiger partial charge in [-0.15, -0.1) is 0 Å². The number of para-hydroxylation sites is 2. The highest BCUT2D eigenvalue weighted by Gasteiger charge is 2.04. The van der Waals surface area contributed by atoms with E-state index in [1.54, 1.807) is 25.3 Å². The number of anilines is 1. The SMILES string of the molecule is COc1cccc(CCNC(=O)Nc2ccccc2O)c1. The Hall–Kier alpha value is -2.69. The summed E-state index contributed by atoms with van der Waals surface area (Å²) in [6.07, 6.45) is 0.700. The van der Waals surface area contributed by atoms with Gasteiger partial charge in [-0.25, -0.2) is 4.79 Å². The van der Waals surface area contributed by atoms with Crippen molar-refractivity contribution >= 4 is 11.7 Å². The number of amides is 2. The number of benzene rings is 2. The van der Waals surface area contributed by atoms with Gasteiger partial charge in [0, 0.05) is 6.54 Å². The monoisotopic (exact) mass is 286 g/mol. The van der Waals surface area contributed by atoms with E-state index in [9.17, 15) is 9.90 Å². The summed E-state index contributed by atoms with van der Waals surface area (Å²) in [5, 5.41) is 14.9. The summed E-state index contributed by atoms with van der Waals surface area (Å²) in [5.74, 6) is 0.839. The number of hydrogen-bond donors (Lipinski definition) is 3. The number of ether oxygens (including phenoxy) is 1. The van der Waals surface area contributed by atoms with E-state index in [1.165, 1.54) is 6.07 Å². The number of methoxy groups -OCH3 is 1. The average Bonchev–Trinajstić information content (AvgIpc) is 2.50. The lowest BCUT2D eigenvalue weighted by Crippen LogP contribution is -2.30. The molecule has 3 N–H and O–H groups in total. The van der Waals surface area contributed by atoms with Gasteiger partial charge in [-0.1, -0.05) is 24.3 Å². The zero-order chi connectivity index (χ0) is 15.1. The third-order valence-electron chi connectivity index (χ3n) is 2.99. The molecule has 0 saturated heterocycles. The maximum Gasteiger partial charge on any atom is 0.319 e. The zero-order valence-corrected chi connectivity index (χ0v) is 11.8. The Balaban J connectivity index is 1.80. The molecule has 2 amide bonds. The predicted molar refractivity (Wildman–Crippen MR) is 81.8 cm³/mol. The highest BCUT2D eigenvalue weighted by Crippen LogP contribution is 2.21. The van der Waals surface area contributed by atoms with Crippen molar-refractivity contribution < 1.29 is 14.6 Å². The van der Waals surface area contributed by atoms with Gasteiger partial charge in [-0.3, -0.25) is 0 Å². The number of hydrogen-bond acceptors (Lipinski definition) is 3. The van der Waals surface area contributed by atoms with Gasteiger partial charge in [0.15, 0.2) is 0 Å². The van der Waals surface area contributed by atoms with Crippen molar-refractivity contribution in [1.82, 2.24) is 5.32 Å². The van der Waals surface area contributed by atoms with Gasteiger partial charge >= 0.3 is 6.03 Å². The van der Waals surface area contributed by atoms with E-state index >= 15 is 0 Å². The Labute approximate surface area is 123 Å². The van der Waals surface area contributed by atoms with Gasteiger partial charge in [0.05, 0.1) is 12.8 Å². The fourth-order valence-corrected chi connectivity index (χ4v) is 1.89. The molecular weight excluding hydrogens is 268 g/mol. The molecule has 2 aromatic rings. The number of nitrogens with one attached hydrogen (secondary N) is 2. The van der Waals surface area contributed by atoms with Crippen LogP contribution in [0, 0.1) is 0 Å². The maximum atomic E-state index is 11.7. The summed E-state index contributed by atoms with van der Waals surface area (Å²) in [4.78, 5) is 11.7. The van der Waals surface area contributed by atoms with Crippen LogP contribution in [0.3, 0.4) is 0 Å². The number of carbonyl (C=O) groups excluding carboxylic acids is 1. The van der Waals surface area contributed by atoms with Crippen LogP contribution in [-0.2, 0) is 6.42 Å². The number of aromatic hydroxyl groups is 1. The molecule has 5 nitrogen and oxygen atoms in total. The van der Waals surface area contributed by atoms with Crippen LogP contribution in [0.1, 0.15) is 5.56 Å². The van der Waals surface area contributed by atoms with E-state index in [1.807, 2.05) is 24.3 Å². The maximum absolute atomic E-state index is 11.7. The van der Waals surface area contributed by atoms with Crippen molar-refractivity contribution in [2.24, 2.45) is 0 Å². The summed E-state index contributed by atoms with van der Waals surface area (Å²) in [5.41, 5.74) is 1.47. The standard InChI is InChI=1S/C16H18N2O3/c1-21-13-6-4-5-12(11-13)9-10-17-16(20)18-14-7-2-3-8-15(14)19/h2-8,11,19H,9-10H2,1H3,(H2,17,18,20). The van der Waals surface area contributed by atoms with E-state index in [0.29, 0.717) is 18.7 Å². The lowest BCUT2D eigenvalue weighted by atomic mass is 10.1. The molecule has 0 fully saturated rings. The molecule has 0 aliphatic heterocycles. The van der Waals surface area contributed by atoms with Crippen molar-refractivity contribution in [3.63, 3.8) is 0 Å². The van der Waals surface area contributed by atoms with Crippen LogP contribution < -0.4 is 15.4 Å². The van der Waals surface area contributed by atoms with Gasteiger partial charge in [-0.05, 0) is 36.2 Å². The first-order valence-electron chi connectivity index (χ1n) is 6.65. The van der Waals surface area contributed by atoms with Crippen LogP contribution in [0.2, 0.25) is 0 Å². The minimum atomic E-state index is -0.348. The lowest BCUT2D eigenvalue weighted by Gasteiger charge is -2.09. The van der Waals surface area contributed by atoms with Crippen LogP contribution in [-0.4, -0.2) is 24.8 Å². The van der Waals surface area contributed by atoms with Crippen molar-refractivity contribution in [2.75, 3.05) is 19.0 Å². The largest absolute Gasteiger partial charge is 0.506 e. The Morgan fingerprint density at radius 1 is 1.19 bits per heavy atom. The summed E-state index contributed by atoms with van der Waals surface area (Å²) >= 11 is 0. The Morgan fingerprint density at radius 2 is 2.00 bits per heavy atom. The van der Waals surface area contributed by atoms with Crippen LogP contribution in [0.5, 0.6) is 11.5 Å². The molecular formula is C16H18N2O3. The molecule has 2 rings (SSSR count). The van der Waals surface area contributed by atoms with E-state index in [-0.39, 0.29) is 11.8 Å². The molecule has 0 spiro atoms. The molecule has 0 aliphatic rings. The summed E-state index contributed by atoms with van der Waals surface area (Å²) in [6, 6.07) is 13.9. The second-order valence-electron chi connectivity index (χ2n) is 4.50. The molecule has 0 atom stereocenters. The third-order valence-corrected chi connectivity index (χ3v) is 2.99. The van der Waals surface area contributed by atoms with Crippen molar-refractivity contribution in [3.8, 4) is 11.5 Å². The molecule has 0 bridgehead atoms. The van der Waals surface area contributed by atoms with Crippen LogP contribution in [0.4, 0.5) is 10.5 Å². The molecule has 2 aromatic carbocycles. The normalized spacial score (nSPS) is 9.95. The highest BCUT2D eigenvalue weighted by atomic mass is 16.5.